The zero-order valence-electron chi connectivity index (χ0n) is 16.0. The van der Waals surface area contributed by atoms with E-state index in [0.717, 1.165) is 47.0 Å². The Bertz CT molecular complexity index is 1020. The molecule has 0 fully saturated rings. The van der Waals surface area contributed by atoms with Crippen molar-refractivity contribution in [3.63, 3.8) is 0 Å². The molecule has 1 heterocycles. The van der Waals surface area contributed by atoms with Crippen LogP contribution in [0.5, 0.6) is 10.9 Å². The molecule has 0 saturated heterocycles. The molecule has 0 spiro atoms. The van der Waals surface area contributed by atoms with Crippen LogP contribution in [-0.2, 0) is 0 Å². The normalized spacial score (nSPS) is 11.2. The summed E-state index contributed by atoms with van der Waals surface area (Å²) < 4.78 is 36.5. The highest BCUT2D eigenvalue weighted by molar-refractivity contribution is 7.07. The van der Waals surface area contributed by atoms with Crippen LogP contribution in [0.4, 0.5) is 14.5 Å². The van der Waals surface area contributed by atoms with Gasteiger partial charge in [-0.1, -0.05) is 0 Å². The smallest absolute Gasteiger partial charge is 0.299 e. The number of hydrogen-bond acceptors (Lipinski definition) is 5. The molecule has 5 nitrogen and oxygen atoms in total. The van der Waals surface area contributed by atoms with E-state index in [9.17, 15) is 8.78 Å². The summed E-state index contributed by atoms with van der Waals surface area (Å²) in [6.45, 7) is 6.81. The Morgan fingerprint density at radius 3 is 2.64 bits per heavy atom. The minimum absolute atomic E-state index is 0.289. The highest BCUT2D eigenvalue weighted by Crippen LogP contribution is 2.33. The number of aromatic nitrogens is 2. The molecule has 0 bridgehead atoms. The molecule has 0 aliphatic carbocycles. The van der Waals surface area contributed by atoms with E-state index in [0.29, 0.717) is 16.5 Å². The van der Waals surface area contributed by atoms with Gasteiger partial charge in [0.1, 0.15) is 5.75 Å². The molecule has 2 aromatic carbocycles. The zero-order chi connectivity index (χ0) is 20.3. The molecule has 0 amide bonds. The van der Waals surface area contributed by atoms with Crippen molar-refractivity contribution in [1.29, 1.82) is 0 Å². The van der Waals surface area contributed by atoms with Crippen molar-refractivity contribution in [3.05, 3.63) is 53.1 Å². The Balaban J connectivity index is 1.80. The molecule has 0 aliphatic rings. The van der Waals surface area contributed by atoms with E-state index in [4.69, 9.17) is 4.74 Å². The molecule has 0 N–H and O–H groups in total. The molecule has 146 valence electrons. The van der Waals surface area contributed by atoms with Gasteiger partial charge in [0, 0.05) is 30.7 Å². The van der Waals surface area contributed by atoms with Crippen LogP contribution in [0.25, 0.3) is 11.4 Å². The second-order valence-electron chi connectivity index (χ2n) is 6.34. The van der Waals surface area contributed by atoms with Crippen LogP contribution in [0.3, 0.4) is 0 Å². The molecular weight excluding hydrogens is 382 g/mol. The molecule has 0 unspecified atom stereocenters. The van der Waals surface area contributed by atoms with E-state index in [1.165, 1.54) is 6.07 Å². The Morgan fingerprint density at radius 1 is 1.14 bits per heavy atom. The summed E-state index contributed by atoms with van der Waals surface area (Å²) >= 11 is 1.05. The van der Waals surface area contributed by atoms with Gasteiger partial charge >= 0.3 is 0 Å². The van der Waals surface area contributed by atoms with Gasteiger partial charge in [-0.2, -0.15) is 9.36 Å². The van der Waals surface area contributed by atoms with Crippen LogP contribution in [0.2, 0.25) is 0 Å². The van der Waals surface area contributed by atoms with E-state index in [-0.39, 0.29) is 5.82 Å². The largest absolute Gasteiger partial charge is 0.430 e. The van der Waals surface area contributed by atoms with Gasteiger partial charge in [-0.15, -0.1) is 0 Å². The Kier molecular flexibility index (Phi) is 5.99. The summed E-state index contributed by atoms with van der Waals surface area (Å²) in [6.07, 6.45) is 1.79. The minimum Gasteiger partial charge on any atom is -0.430 e. The van der Waals surface area contributed by atoms with E-state index < -0.39 is 11.6 Å². The lowest BCUT2D eigenvalue weighted by Crippen LogP contribution is -2.14. The molecule has 1 aromatic heterocycles. The first-order valence-electron chi connectivity index (χ1n) is 8.70. The van der Waals surface area contributed by atoms with Crippen LogP contribution >= 0.6 is 11.5 Å². The summed E-state index contributed by atoms with van der Waals surface area (Å²) in [5.74, 6) is -0.911. The molecule has 3 aromatic rings. The Hall–Kier alpha value is -2.87. The van der Waals surface area contributed by atoms with Crippen molar-refractivity contribution in [3.8, 4) is 22.3 Å². The first-order chi connectivity index (χ1) is 13.4. The van der Waals surface area contributed by atoms with Crippen LogP contribution in [-0.4, -0.2) is 34.2 Å². The second kappa shape index (κ2) is 8.43. The van der Waals surface area contributed by atoms with Gasteiger partial charge in [0.25, 0.3) is 5.19 Å². The Labute approximate surface area is 166 Å². The lowest BCUT2D eigenvalue weighted by atomic mass is 10.1. The highest BCUT2D eigenvalue weighted by atomic mass is 32.1. The average molecular weight is 402 g/mol. The SMILES string of the molecule is CCN(C)/C=N\c1cc(C)c(Oc2nc(-c3ccc(F)c(F)c3)ns2)cc1C. The fraction of sp³-hybridized carbons (Fsp3) is 0.250. The van der Waals surface area contributed by atoms with Crippen LogP contribution in [0, 0.1) is 25.5 Å². The van der Waals surface area contributed by atoms with E-state index in [1.807, 2.05) is 37.9 Å². The molecule has 0 radical (unpaired) electrons. The topological polar surface area (TPSA) is 50.6 Å². The standard InChI is InChI=1S/C20H20F2N4OS/c1-5-26(4)11-23-17-8-13(3)18(9-12(17)2)27-20-24-19(25-28-20)14-6-7-15(21)16(22)10-14/h6-11H,5H2,1-4H3/b23-11-. The lowest BCUT2D eigenvalue weighted by Gasteiger charge is -2.11. The zero-order valence-corrected chi connectivity index (χ0v) is 16.8. The number of rotatable bonds is 6. The van der Waals surface area contributed by atoms with Crippen molar-refractivity contribution in [2.24, 2.45) is 4.99 Å². The predicted molar refractivity (Wildman–Crippen MR) is 108 cm³/mol. The maximum atomic E-state index is 13.4. The van der Waals surface area contributed by atoms with Crippen molar-refractivity contribution in [2.75, 3.05) is 13.6 Å². The average Bonchev–Trinajstić information content (AvgIpc) is 3.13. The molecule has 0 saturated carbocycles. The molecular formula is C20H20F2N4OS. The monoisotopic (exact) mass is 402 g/mol. The second-order valence-corrected chi connectivity index (χ2v) is 7.05. The van der Waals surface area contributed by atoms with E-state index in [2.05, 4.69) is 21.3 Å². The number of benzene rings is 2. The molecule has 0 atom stereocenters. The van der Waals surface area contributed by atoms with Gasteiger partial charge in [0.2, 0.25) is 0 Å². The third-order valence-corrected chi connectivity index (χ3v) is 4.76. The summed E-state index contributed by atoms with van der Waals surface area (Å²) in [5, 5.41) is 0.323. The van der Waals surface area contributed by atoms with Crippen molar-refractivity contribution in [2.45, 2.75) is 20.8 Å². The van der Waals surface area contributed by atoms with Crippen LogP contribution < -0.4 is 4.74 Å². The van der Waals surface area contributed by atoms with Gasteiger partial charge in [-0.05, 0) is 62.2 Å². The molecule has 3 rings (SSSR count). The maximum absolute atomic E-state index is 13.4. The van der Waals surface area contributed by atoms with E-state index in [1.54, 1.807) is 6.34 Å². The van der Waals surface area contributed by atoms with Gasteiger partial charge in [0.05, 0.1) is 12.0 Å². The molecule has 0 aliphatic heterocycles. The number of halogens is 2. The Morgan fingerprint density at radius 2 is 1.93 bits per heavy atom. The summed E-state index contributed by atoms with van der Waals surface area (Å²) in [4.78, 5) is 10.8. The lowest BCUT2D eigenvalue weighted by molar-refractivity contribution is 0.475. The van der Waals surface area contributed by atoms with Gasteiger partial charge in [0.15, 0.2) is 17.5 Å². The number of ether oxygens (including phenoxy) is 1. The van der Waals surface area contributed by atoms with Gasteiger partial charge in [-0.25, -0.2) is 13.8 Å². The number of aryl methyl sites for hydroxylation is 2. The molecule has 8 heteroatoms. The quantitative estimate of drug-likeness (QED) is 0.403. The van der Waals surface area contributed by atoms with Crippen molar-refractivity contribution in [1.82, 2.24) is 14.3 Å². The highest BCUT2D eigenvalue weighted by Gasteiger charge is 2.13. The fourth-order valence-electron chi connectivity index (χ4n) is 2.36. The van der Waals surface area contributed by atoms with Gasteiger partial charge in [-0.3, -0.25) is 0 Å². The predicted octanol–water partition coefficient (Wildman–Crippen LogP) is 5.50. The molecule has 28 heavy (non-hydrogen) atoms. The summed E-state index contributed by atoms with van der Waals surface area (Å²) in [7, 11) is 1.96. The maximum Gasteiger partial charge on any atom is 0.299 e. The number of aliphatic imine (C=N–C) groups is 1. The first kappa shape index (κ1) is 19.9. The van der Waals surface area contributed by atoms with Crippen LogP contribution in [0.15, 0.2) is 35.3 Å². The van der Waals surface area contributed by atoms with Gasteiger partial charge < -0.3 is 9.64 Å². The number of hydrogen-bond donors (Lipinski definition) is 0. The first-order valence-corrected chi connectivity index (χ1v) is 9.47. The summed E-state index contributed by atoms with van der Waals surface area (Å²) in [5.41, 5.74) is 3.13. The van der Waals surface area contributed by atoms with Crippen LogP contribution in [0.1, 0.15) is 18.1 Å². The van der Waals surface area contributed by atoms with Crippen molar-refractivity contribution < 1.29 is 13.5 Å². The fourth-order valence-corrected chi connectivity index (χ4v) is 2.93. The third-order valence-electron chi connectivity index (χ3n) is 4.17. The number of nitrogens with zero attached hydrogens (tertiary/aromatic N) is 4. The summed E-state index contributed by atoms with van der Waals surface area (Å²) in [6, 6.07) is 7.39. The minimum atomic E-state index is -0.939. The van der Waals surface area contributed by atoms with Crippen molar-refractivity contribution >= 4 is 23.6 Å². The van der Waals surface area contributed by atoms with E-state index >= 15 is 0 Å². The third kappa shape index (κ3) is 4.51.